The van der Waals surface area contributed by atoms with E-state index in [1.165, 1.54) is 21.3 Å². The van der Waals surface area contributed by atoms with Gasteiger partial charge in [-0.1, -0.05) is 0 Å². The molecular formula is C24H28O8. The molecule has 0 aliphatic rings. The van der Waals surface area contributed by atoms with Gasteiger partial charge in [0.25, 0.3) is 0 Å². The van der Waals surface area contributed by atoms with Crippen LogP contribution in [-0.2, 0) is 0 Å². The minimum atomic E-state index is -0.360. The Bertz CT molecular complexity index is 1120. The molecule has 172 valence electrons. The van der Waals surface area contributed by atoms with Gasteiger partial charge in [-0.05, 0) is 32.9 Å². The van der Waals surface area contributed by atoms with E-state index >= 15 is 0 Å². The maximum atomic E-state index is 13.4. The minimum Gasteiger partial charge on any atom is -0.496 e. The van der Waals surface area contributed by atoms with Gasteiger partial charge in [0.1, 0.15) is 22.5 Å². The van der Waals surface area contributed by atoms with E-state index in [2.05, 4.69) is 0 Å². The van der Waals surface area contributed by atoms with Crippen LogP contribution >= 0.6 is 0 Å². The van der Waals surface area contributed by atoms with Gasteiger partial charge in [-0.25, -0.2) is 0 Å². The highest BCUT2D eigenvalue weighted by atomic mass is 16.5. The minimum absolute atomic E-state index is 0.0404. The fourth-order valence-electron chi connectivity index (χ4n) is 3.44. The first-order valence-corrected chi connectivity index (χ1v) is 10.4. The summed E-state index contributed by atoms with van der Waals surface area (Å²) in [6.07, 6.45) is 0. The number of ether oxygens (including phenoxy) is 6. The van der Waals surface area contributed by atoms with Crippen LogP contribution in [0.3, 0.4) is 0 Å². The summed E-state index contributed by atoms with van der Waals surface area (Å²) in [6.45, 7) is 6.77. The Kier molecular flexibility index (Phi) is 7.35. The lowest BCUT2D eigenvalue weighted by atomic mass is 10.1. The summed E-state index contributed by atoms with van der Waals surface area (Å²) in [5, 5.41) is 0.275. The predicted molar refractivity (Wildman–Crippen MR) is 121 cm³/mol. The highest BCUT2D eigenvalue weighted by molar-refractivity contribution is 5.89. The van der Waals surface area contributed by atoms with E-state index in [1.807, 2.05) is 20.8 Å². The number of hydrogen-bond donors (Lipinski definition) is 0. The van der Waals surface area contributed by atoms with Crippen LogP contribution in [0.2, 0.25) is 0 Å². The normalized spacial score (nSPS) is 10.7. The molecule has 0 amide bonds. The van der Waals surface area contributed by atoms with Crippen molar-refractivity contribution in [2.24, 2.45) is 0 Å². The van der Waals surface area contributed by atoms with Gasteiger partial charge in [-0.15, -0.1) is 0 Å². The lowest BCUT2D eigenvalue weighted by molar-refractivity contribution is 0.282. The van der Waals surface area contributed by atoms with Crippen molar-refractivity contribution in [2.45, 2.75) is 20.8 Å². The summed E-state index contributed by atoms with van der Waals surface area (Å²) in [7, 11) is 4.49. The van der Waals surface area contributed by atoms with Crippen LogP contribution in [-0.4, -0.2) is 41.2 Å². The molecular weight excluding hydrogens is 416 g/mol. The fraction of sp³-hybridized carbons (Fsp3) is 0.375. The molecule has 2 aromatic carbocycles. The van der Waals surface area contributed by atoms with Crippen LogP contribution in [0, 0.1) is 0 Å². The molecule has 0 bridgehead atoms. The third kappa shape index (κ3) is 4.26. The summed E-state index contributed by atoms with van der Waals surface area (Å²) >= 11 is 0. The Morgan fingerprint density at radius 3 is 1.78 bits per heavy atom. The van der Waals surface area contributed by atoms with Crippen molar-refractivity contribution >= 4 is 11.0 Å². The fourth-order valence-corrected chi connectivity index (χ4v) is 3.44. The Hall–Kier alpha value is -3.55. The summed E-state index contributed by atoms with van der Waals surface area (Å²) in [5.74, 6) is 2.51. The zero-order chi connectivity index (χ0) is 23.3. The molecule has 8 nitrogen and oxygen atoms in total. The molecule has 1 heterocycles. The van der Waals surface area contributed by atoms with Crippen molar-refractivity contribution in [1.82, 2.24) is 0 Å². The molecule has 0 aliphatic heterocycles. The molecule has 3 rings (SSSR count). The lowest BCUT2D eigenvalue weighted by Gasteiger charge is -2.17. The summed E-state index contributed by atoms with van der Waals surface area (Å²) < 4.78 is 39.7. The van der Waals surface area contributed by atoms with Gasteiger partial charge in [0.05, 0.1) is 41.2 Å². The monoisotopic (exact) mass is 444 g/mol. The summed E-state index contributed by atoms with van der Waals surface area (Å²) in [4.78, 5) is 13.4. The number of fused-ring (bicyclic) bond motifs is 1. The summed E-state index contributed by atoms with van der Waals surface area (Å²) in [5.41, 5.74) is 0.483. The largest absolute Gasteiger partial charge is 0.496 e. The maximum absolute atomic E-state index is 13.4. The molecule has 0 radical (unpaired) electrons. The molecule has 0 saturated heterocycles. The van der Waals surface area contributed by atoms with Gasteiger partial charge in [0.2, 0.25) is 16.9 Å². The SMILES string of the molecule is CCOc1cc(-c2oc3cc(OC)cc(OCC)c3c(=O)c2OC)cc(OCC)c1OC. The van der Waals surface area contributed by atoms with Crippen molar-refractivity contribution in [3.8, 4) is 45.8 Å². The van der Waals surface area contributed by atoms with E-state index in [0.717, 1.165) is 0 Å². The van der Waals surface area contributed by atoms with E-state index in [9.17, 15) is 4.79 Å². The van der Waals surface area contributed by atoms with Gasteiger partial charge in [-0.3, -0.25) is 4.79 Å². The van der Waals surface area contributed by atoms with Crippen LogP contribution in [0.1, 0.15) is 20.8 Å². The number of hydrogen-bond acceptors (Lipinski definition) is 8. The van der Waals surface area contributed by atoms with E-state index in [4.69, 9.17) is 32.8 Å². The van der Waals surface area contributed by atoms with Crippen molar-refractivity contribution in [3.05, 3.63) is 34.5 Å². The first-order valence-electron chi connectivity index (χ1n) is 10.4. The second-order valence-corrected chi connectivity index (χ2v) is 6.60. The Balaban J connectivity index is 2.36. The van der Waals surface area contributed by atoms with Crippen molar-refractivity contribution in [3.63, 3.8) is 0 Å². The zero-order valence-corrected chi connectivity index (χ0v) is 19.2. The zero-order valence-electron chi connectivity index (χ0n) is 19.2. The molecule has 3 aromatic rings. The van der Waals surface area contributed by atoms with Gasteiger partial charge in [0, 0.05) is 17.7 Å². The highest BCUT2D eigenvalue weighted by Gasteiger charge is 2.24. The molecule has 0 fully saturated rings. The van der Waals surface area contributed by atoms with E-state index in [1.54, 1.807) is 24.3 Å². The highest BCUT2D eigenvalue weighted by Crippen LogP contribution is 2.44. The third-order valence-corrected chi connectivity index (χ3v) is 4.72. The molecule has 0 aliphatic carbocycles. The van der Waals surface area contributed by atoms with Crippen LogP contribution in [0.4, 0.5) is 0 Å². The number of rotatable bonds is 10. The predicted octanol–water partition coefficient (Wildman–Crippen LogP) is 4.68. The molecule has 0 atom stereocenters. The molecule has 8 heteroatoms. The van der Waals surface area contributed by atoms with Crippen LogP contribution in [0.5, 0.6) is 34.5 Å². The molecule has 32 heavy (non-hydrogen) atoms. The van der Waals surface area contributed by atoms with Crippen LogP contribution < -0.4 is 33.8 Å². The lowest BCUT2D eigenvalue weighted by Crippen LogP contribution is -2.10. The van der Waals surface area contributed by atoms with Gasteiger partial charge in [0.15, 0.2) is 17.3 Å². The standard InChI is InChI=1S/C24H28O8/c1-7-29-16-12-15(26-4)13-17-20(16)21(25)24(28-6)22(32-17)14-10-18(30-8-2)23(27-5)19(11-14)31-9-3/h10-13H,7-9H2,1-6H3. The van der Waals surface area contributed by atoms with Crippen molar-refractivity contribution in [1.29, 1.82) is 0 Å². The van der Waals surface area contributed by atoms with Gasteiger partial charge < -0.3 is 32.8 Å². The topological polar surface area (TPSA) is 85.6 Å². The second-order valence-electron chi connectivity index (χ2n) is 6.60. The smallest absolute Gasteiger partial charge is 0.239 e. The van der Waals surface area contributed by atoms with Crippen molar-refractivity contribution in [2.75, 3.05) is 41.2 Å². The van der Waals surface area contributed by atoms with Gasteiger partial charge in [-0.2, -0.15) is 0 Å². The van der Waals surface area contributed by atoms with E-state index in [-0.39, 0.29) is 22.3 Å². The summed E-state index contributed by atoms with van der Waals surface area (Å²) in [6, 6.07) is 6.73. The second kappa shape index (κ2) is 10.2. The molecule has 1 aromatic heterocycles. The van der Waals surface area contributed by atoms with Crippen LogP contribution in [0.25, 0.3) is 22.3 Å². The third-order valence-electron chi connectivity index (χ3n) is 4.72. The van der Waals surface area contributed by atoms with E-state index in [0.29, 0.717) is 59.7 Å². The van der Waals surface area contributed by atoms with Crippen molar-refractivity contribution < 1.29 is 32.8 Å². The maximum Gasteiger partial charge on any atom is 0.239 e. The Morgan fingerprint density at radius 2 is 1.28 bits per heavy atom. The first kappa shape index (κ1) is 23.1. The van der Waals surface area contributed by atoms with E-state index < -0.39 is 0 Å². The van der Waals surface area contributed by atoms with Gasteiger partial charge >= 0.3 is 0 Å². The quantitative estimate of drug-likeness (QED) is 0.446. The first-order chi connectivity index (χ1) is 15.5. The number of methoxy groups -OCH3 is 3. The average molecular weight is 444 g/mol. The number of benzene rings is 2. The average Bonchev–Trinajstić information content (AvgIpc) is 2.79. The molecule has 0 spiro atoms. The van der Waals surface area contributed by atoms with Crippen LogP contribution in [0.15, 0.2) is 33.5 Å². The Morgan fingerprint density at radius 1 is 0.719 bits per heavy atom. The molecule has 0 N–H and O–H groups in total. The molecule has 0 unspecified atom stereocenters. The molecule has 0 saturated carbocycles. The Labute approximate surface area is 186 Å².